The number of aryl methyl sites for hydroxylation is 2. The monoisotopic (exact) mass is 411 g/mol. The highest BCUT2D eigenvalue weighted by Crippen LogP contribution is 2.32. The summed E-state index contributed by atoms with van der Waals surface area (Å²) in [5, 5.41) is 1.07. The van der Waals surface area contributed by atoms with E-state index in [0.717, 1.165) is 53.0 Å². The number of hydrogen-bond acceptors (Lipinski definition) is 5. The average molecular weight is 412 g/mol. The number of anilines is 1. The van der Waals surface area contributed by atoms with Crippen LogP contribution in [0.3, 0.4) is 0 Å². The van der Waals surface area contributed by atoms with Crippen molar-refractivity contribution in [2.45, 2.75) is 25.7 Å². The Morgan fingerprint density at radius 1 is 1.11 bits per heavy atom. The third-order valence-electron chi connectivity index (χ3n) is 5.33. The molecule has 0 bridgehead atoms. The third-order valence-corrected chi connectivity index (χ3v) is 7.37. The van der Waals surface area contributed by atoms with E-state index in [2.05, 4.69) is 37.8 Å². The van der Waals surface area contributed by atoms with E-state index in [4.69, 9.17) is 4.98 Å². The van der Waals surface area contributed by atoms with Gasteiger partial charge in [-0.25, -0.2) is 4.98 Å². The van der Waals surface area contributed by atoms with Gasteiger partial charge in [0.1, 0.15) is 0 Å². The van der Waals surface area contributed by atoms with Crippen molar-refractivity contribution in [3.05, 3.63) is 53.1 Å². The quantitative estimate of drug-likeness (QED) is 0.567. The second-order valence-electron chi connectivity index (χ2n) is 7.06. The first kappa shape index (κ1) is 19.3. The molecule has 1 aliphatic heterocycles. The molecule has 4 rings (SSSR count). The molecule has 0 saturated carbocycles. The maximum Gasteiger partial charge on any atom is 0.255 e. The van der Waals surface area contributed by atoms with Crippen molar-refractivity contribution >= 4 is 44.4 Å². The van der Waals surface area contributed by atoms with Crippen molar-refractivity contribution in [3.63, 3.8) is 0 Å². The van der Waals surface area contributed by atoms with Gasteiger partial charge in [-0.05, 0) is 48.9 Å². The maximum atomic E-state index is 13.0. The van der Waals surface area contributed by atoms with Gasteiger partial charge >= 0.3 is 0 Å². The van der Waals surface area contributed by atoms with Gasteiger partial charge in [0.25, 0.3) is 5.91 Å². The van der Waals surface area contributed by atoms with Crippen LogP contribution in [-0.4, -0.2) is 47.7 Å². The van der Waals surface area contributed by atoms with E-state index in [1.54, 1.807) is 23.1 Å². The van der Waals surface area contributed by atoms with Crippen LogP contribution in [-0.2, 0) is 0 Å². The maximum absolute atomic E-state index is 13.0. The van der Waals surface area contributed by atoms with E-state index >= 15 is 0 Å². The average Bonchev–Trinajstić information content (AvgIpc) is 3.16. The molecule has 4 nitrogen and oxygen atoms in total. The zero-order chi connectivity index (χ0) is 19.7. The third kappa shape index (κ3) is 3.63. The number of aromatic nitrogens is 1. The van der Waals surface area contributed by atoms with E-state index in [-0.39, 0.29) is 5.91 Å². The number of piperazine rings is 1. The van der Waals surface area contributed by atoms with Gasteiger partial charge in [0.05, 0.1) is 15.8 Å². The lowest BCUT2D eigenvalue weighted by Crippen LogP contribution is -2.48. The number of carbonyl (C=O) groups is 1. The Bertz CT molecular complexity index is 1010. The fraction of sp³-hybridized carbons (Fsp3) is 0.364. The smallest absolute Gasteiger partial charge is 0.255 e. The van der Waals surface area contributed by atoms with Crippen LogP contribution in [0, 0.1) is 13.8 Å². The second kappa shape index (κ2) is 8.13. The summed E-state index contributed by atoms with van der Waals surface area (Å²) in [5.41, 5.74) is 4.49. The van der Waals surface area contributed by atoms with Crippen molar-refractivity contribution in [2.75, 3.05) is 36.8 Å². The second-order valence-corrected chi connectivity index (χ2v) is 9.37. The summed E-state index contributed by atoms with van der Waals surface area (Å²) in [7, 11) is 0. The van der Waals surface area contributed by atoms with E-state index < -0.39 is 0 Å². The lowest BCUT2D eigenvalue weighted by atomic mass is 10.1. The number of carbonyl (C=O) groups excluding carboxylic acids is 1. The fourth-order valence-corrected chi connectivity index (χ4v) is 5.42. The SMILES string of the molecule is CCSc1ccccc1C(=O)N1CCN(c2nc3c(C)c(C)ccc3s2)CC1. The Morgan fingerprint density at radius 2 is 1.86 bits per heavy atom. The molecule has 1 aliphatic rings. The lowest BCUT2D eigenvalue weighted by molar-refractivity contribution is 0.0743. The summed E-state index contributed by atoms with van der Waals surface area (Å²) in [6.45, 7) is 9.51. The molecule has 28 heavy (non-hydrogen) atoms. The first-order chi connectivity index (χ1) is 13.6. The molecular formula is C22H25N3OS2. The molecule has 0 spiro atoms. The van der Waals surface area contributed by atoms with Crippen LogP contribution in [0.1, 0.15) is 28.4 Å². The van der Waals surface area contributed by atoms with Crippen LogP contribution in [0.5, 0.6) is 0 Å². The molecule has 1 saturated heterocycles. The number of amides is 1. The van der Waals surface area contributed by atoms with Gasteiger partial charge in [-0.1, -0.05) is 36.5 Å². The van der Waals surface area contributed by atoms with Gasteiger partial charge in [-0.15, -0.1) is 11.8 Å². The summed E-state index contributed by atoms with van der Waals surface area (Å²) in [4.78, 5) is 23.3. The molecule has 6 heteroatoms. The van der Waals surface area contributed by atoms with E-state index in [1.165, 1.54) is 15.8 Å². The molecule has 146 valence electrons. The molecule has 0 N–H and O–H groups in total. The number of nitrogens with zero attached hydrogens (tertiary/aromatic N) is 3. The predicted molar refractivity (Wildman–Crippen MR) is 120 cm³/mol. The van der Waals surface area contributed by atoms with Gasteiger partial charge in [-0.2, -0.15) is 0 Å². The highest BCUT2D eigenvalue weighted by atomic mass is 32.2. The van der Waals surface area contributed by atoms with E-state index in [0.29, 0.717) is 0 Å². The van der Waals surface area contributed by atoms with Crippen LogP contribution in [0.4, 0.5) is 5.13 Å². The molecule has 1 fully saturated rings. The lowest BCUT2D eigenvalue weighted by Gasteiger charge is -2.34. The summed E-state index contributed by atoms with van der Waals surface area (Å²) >= 11 is 3.48. The van der Waals surface area contributed by atoms with Gasteiger partial charge in [0, 0.05) is 31.1 Å². The van der Waals surface area contributed by atoms with Crippen LogP contribution >= 0.6 is 23.1 Å². The van der Waals surface area contributed by atoms with Gasteiger partial charge in [0.15, 0.2) is 5.13 Å². The highest BCUT2D eigenvalue weighted by molar-refractivity contribution is 7.99. The van der Waals surface area contributed by atoms with Crippen molar-refractivity contribution in [1.29, 1.82) is 0 Å². The Balaban J connectivity index is 1.48. The number of benzene rings is 2. The molecule has 2 heterocycles. The van der Waals surface area contributed by atoms with Crippen molar-refractivity contribution < 1.29 is 4.79 Å². The van der Waals surface area contributed by atoms with Gasteiger partial charge < -0.3 is 9.80 Å². The van der Waals surface area contributed by atoms with Crippen LogP contribution in [0.2, 0.25) is 0 Å². The predicted octanol–water partition coefficient (Wildman–Crippen LogP) is 4.99. The standard InChI is InChI=1S/C22H25N3OS2/c1-4-27-18-8-6-5-7-17(18)21(26)24-11-13-25(14-12-24)22-23-20-16(3)15(2)9-10-19(20)28-22/h5-10H,4,11-14H2,1-3H3. The van der Waals surface area contributed by atoms with Crippen molar-refractivity contribution in [2.24, 2.45) is 0 Å². The normalized spacial score (nSPS) is 14.7. The Kier molecular flexibility index (Phi) is 5.60. The topological polar surface area (TPSA) is 36.4 Å². The van der Waals surface area contributed by atoms with Gasteiger partial charge in [-0.3, -0.25) is 4.79 Å². The Labute approximate surface area is 174 Å². The molecule has 0 radical (unpaired) electrons. The van der Waals surface area contributed by atoms with Crippen LogP contribution in [0.15, 0.2) is 41.3 Å². The molecule has 1 aromatic heterocycles. The molecule has 3 aromatic rings. The minimum Gasteiger partial charge on any atom is -0.345 e. The van der Waals surface area contributed by atoms with Gasteiger partial charge in [0.2, 0.25) is 0 Å². The summed E-state index contributed by atoms with van der Waals surface area (Å²) in [5.74, 6) is 1.11. The van der Waals surface area contributed by atoms with Crippen molar-refractivity contribution in [3.8, 4) is 0 Å². The first-order valence-electron chi connectivity index (χ1n) is 9.71. The number of rotatable bonds is 4. The van der Waals surface area contributed by atoms with E-state index in [1.807, 2.05) is 29.2 Å². The molecule has 2 aromatic carbocycles. The first-order valence-corrected chi connectivity index (χ1v) is 11.5. The number of hydrogen-bond donors (Lipinski definition) is 0. The molecule has 1 amide bonds. The Hall–Kier alpha value is -2.05. The minimum absolute atomic E-state index is 0.145. The highest BCUT2D eigenvalue weighted by Gasteiger charge is 2.25. The molecule has 0 aliphatic carbocycles. The van der Waals surface area contributed by atoms with Crippen LogP contribution in [0.25, 0.3) is 10.2 Å². The van der Waals surface area contributed by atoms with Crippen LogP contribution < -0.4 is 4.90 Å². The van der Waals surface area contributed by atoms with E-state index in [9.17, 15) is 4.79 Å². The zero-order valence-electron chi connectivity index (χ0n) is 16.6. The largest absolute Gasteiger partial charge is 0.345 e. The Morgan fingerprint density at radius 3 is 2.61 bits per heavy atom. The number of fused-ring (bicyclic) bond motifs is 1. The summed E-state index contributed by atoms with van der Waals surface area (Å²) in [6.07, 6.45) is 0. The minimum atomic E-state index is 0.145. The molecule has 0 unspecified atom stereocenters. The number of thiazole rings is 1. The summed E-state index contributed by atoms with van der Waals surface area (Å²) in [6, 6.07) is 12.3. The molecular weight excluding hydrogens is 386 g/mol. The fourth-order valence-electron chi connectivity index (χ4n) is 3.55. The molecule has 0 atom stereocenters. The van der Waals surface area contributed by atoms with Crippen molar-refractivity contribution in [1.82, 2.24) is 9.88 Å². The zero-order valence-corrected chi connectivity index (χ0v) is 18.2. The summed E-state index contributed by atoms with van der Waals surface area (Å²) < 4.78 is 1.24. The number of thioether (sulfide) groups is 1.